The Morgan fingerprint density at radius 1 is 1.62 bits per heavy atom. The summed E-state index contributed by atoms with van der Waals surface area (Å²) in [6, 6.07) is 0.231. The number of hydrogen-bond acceptors (Lipinski definition) is 3. The van der Waals surface area contributed by atoms with Gasteiger partial charge in [0.05, 0.1) is 6.10 Å². The van der Waals surface area contributed by atoms with Crippen LogP contribution < -0.4 is 11.1 Å². The average molecular weight is 228 g/mol. The summed E-state index contributed by atoms with van der Waals surface area (Å²) in [7, 11) is 1.72. The molecule has 1 amide bonds. The molecular weight excluding hydrogens is 204 g/mol. The van der Waals surface area contributed by atoms with E-state index >= 15 is 0 Å². The van der Waals surface area contributed by atoms with Gasteiger partial charge in [-0.25, -0.2) is 0 Å². The van der Waals surface area contributed by atoms with Crippen LogP contribution >= 0.6 is 0 Å². The number of ether oxygens (including phenoxy) is 1. The van der Waals surface area contributed by atoms with Crippen LogP contribution in [0.4, 0.5) is 0 Å². The maximum absolute atomic E-state index is 11.7. The molecule has 0 aliphatic heterocycles. The van der Waals surface area contributed by atoms with Crippen molar-refractivity contribution in [1.82, 2.24) is 5.32 Å². The van der Waals surface area contributed by atoms with E-state index in [1.165, 1.54) is 0 Å². The lowest BCUT2D eigenvalue weighted by Crippen LogP contribution is -2.61. The van der Waals surface area contributed by atoms with Crippen molar-refractivity contribution >= 4 is 5.91 Å². The summed E-state index contributed by atoms with van der Waals surface area (Å²) in [5.74, 6) is 0.354. The number of carbonyl (C=O) groups excluding carboxylic acids is 1. The fourth-order valence-electron chi connectivity index (χ4n) is 2.18. The molecule has 1 aliphatic rings. The Morgan fingerprint density at radius 2 is 2.25 bits per heavy atom. The van der Waals surface area contributed by atoms with Gasteiger partial charge in [0.25, 0.3) is 0 Å². The van der Waals surface area contributed by atoms with E-state index in [4.69, 9.17) is 10.5 Å². The zero-order chi connectivity index (χ0) is 12.3. The first-order chi connectivity index (χ1) is 7.41. The lowest BCUT2D eigenvalue weighted by atomic mass is 9.64. The molecule has 1 saturated carbocycles. The summed E-state index contributed by atoms with van der Waals surface area (Å²) in [5, 5.41) is 3.06. The Morgan fingerprint density at radius 3 is 2.69 bits per heavy atom. The number of carbonyl (C=O) groups is 1. The molecule has 3 N–H and O–H groups in total. The minimum absolute atomic E-state index is 0.0381. The van der Waals surface area contributed by atoms with Gasteiger partial charge in [0, 0.05) is 25.0 Å². The molecule has 0 spiro atoms. The van der Waals surface area contributed by atoms with E-state index in [1.807, 2.05) is 6.92 Å². The van der Waals surface area contributed by atoms with E-state index < -0.39 is 0 Å². The van der Waals surface area contributed by atoms with Crippen molar-refractivity contribution in [3.8, 4) is 0 Å². The zero-order valence-electron chi connectivity index (χ0n) is 10.7. The van der Waals surface area contributed by atoms with Gasteiger partial charge in [0.15, 0.2) is 0 Å². The molecule has 3 unspecified atom stereocenters. The monoisotopic (exact) mass is 228 g/mol. The standard InChI is InChI=1S/C12H24N2O2/c1-8(7-13)5-11(15)14-9-6-10(16-4)12(9,2)3/h8-10H,5-7,13H2,1-4H3,(H,14,15). The SMILES string of the molecule is COC1CC(NC(=O)CC(C)CN)C1(C)C. The first-order valence-electron chi connectivity index (χ1n) is 5.94. The van der Waals surface area contributed by atoms with Crippen molar-refractivity contribution in [3.05, 3.63) is 0 Å². The molecule has 1 aliphatic carbocycles. The smallest absolute Gasteiger partial charge is 0.220 e. The Balaban J connectivity index is 2.37. The Kier molecular flexibility index (Phi) is 4.33. The van der Waals surface area contributed by atoms with Crippen molar-refractivity contribution in [3.63, 3.8) is 0 Å². The van der Waals surface area contributed by atoms with Crippen LogP contribution in [0.15, 0.2) is 0 Å². The molecule has 0 bridgehead atoms. The summed E-state index contributed by atoms with van der Waals surface area (Å²) in [6.07, 6.45) is 1.68. The Hall–Kier alpha value is -0.610. The Labute approximate surface area is 97.9 Å². The average Bonchev–Trinajstić information content (AvgIpc) is 2.23. The van der Waals surface area contributed by atoms with Crippen molar-refractivity contribution in [2.24, 2.45) is 17.1 Å². The highest BCUT2D eigenvalue weighted by Crippen LogP contribution is 2.42. The van der Waals surface area contributed by atoms with Gasteiger partial charge < -0.3 is 15.8 Å². The van der Waals surface area contributed by atoms with Gasteiger partial charge in [-0.15, -0.1) is 0 Å². The van der Waals surface area contributed by atoms with Gasteiger partial charge in [-0.1, -0.05) is 20.8 Å². The molecule has 0 aromatic heterocycles. The van der Waals surface area contributed by atoms with Crippen LogP contribution in [0.5, 0.6) is 0 Å². The fourth-order valence-corrected chi connectivity index (χ4v) is 2.18. The highest BCUT2D eigenvalue weighted by Gasteiger charge is 2.49. The minimum atomic E-state index is 0.0381. The quantitative estimate of drug-likeness (QED) is 0.735. The third kappa shape index (κ3) is 2.74. The third-order valence-corrected chi connectivity index (χ3v) is 3.73. The summed E-state index contributed by atoms with van der Waals surface area (Å²) in [5.41, 5.74) is 5.53. The van der Waals surface area contributed by atoms with Crippen molar-refractivity contribution < 1.29 is 9.53 Å². The predicted molar refractivity (Wildman–Crippen MR) is 64.0 cm³/mol. The minimum Gasteiger partial charge on any atom is -0.381 e. The Bertz CT molecular complexity index is 253. The number of nitrogens with two attached hydrogens (primary N) is 1. The molecule has 0 saturated heterocycles. The maximum atomic E-state index is 11.7. The third-order valence-electron chi connectivity index (χ3n) is 3.73. The molecule has 4 nitrogen and oxygen atoms in total. The van der Waals surface area contributed by atoms with Crippen LogP contribution in [-0.4, -0.2) is 31.7 Å². The molecule has 1 rings (SSSR count). The summed E-state index contributed by atoms with van der Waals surface area (Å²) < 4.78 is 5.34. The summed E-state index contributed by atoms with van der Waals surface area (Å²) in [6.45, 7) is 6.80. The van der Waals surface area contributed by atoms with Crippen LogP contribution in [-0.2, 0) is 9.53 Å². The molecule has 0 heterocycles. The second-order valence-electron chi connectivity index (χ2n) is 5.45. The van der Waals surface area contributed by atoms with Gasteiger partial charge in [-0.05, 0) is 18.9 Å². The van der Waals surface area contributed by atoms with E-state index in [0.29, 0.717) is 13.0 Å². The fraction of sp³-hybridized carbons (Fsp3) is 0.917. The largest absolute Gasteiger partial charge is 0.381 e. The predicted octanol–water partition coefficient (Wildman–Crippen LogP) is 0.901. The van der Waals surface area contributed by atoms with Crippen LogP contribution in [0.25, 0.3) is 0 Å². The highest BCUT2D eigenvalue weighted by atomic mass is 16.5. The lowest BCUT2D eigenvalue weighted by molar-refractivity contribution is -0.133. The van der Waals surface area contributed by atoms with Crippen molar-refractivity contribution in [2.75, 3.05) is 13.7 Å². The summed E-state index contributed by atoms with van der Waals surface area (Å²) in [4.78, 5) is 11.7. The molecule has 4 heteroatoms. The van der Waals surface area contributed by atoms with Crippen LogP contribution in [0.2, 0.25) is 0 Å². The van der Waals surface area contributed by atoms with E-state index in [1.54, 1.807) is 7.11 Å². The lowest BCUT2D eigenvalue weighted by Gasteiger charge is -2.51. The van der Waals surface area contributed by atoms with Gasteiger partial charge >= 0.3 is 0 Å². The first-order valence-corrected chi connectivity index (χ1v) is 5.94. The molecule has 0 aromatic rings. The van der Waals surface area contributed by atoms with Gasteiger partial charge in [-0.3, -0.25) is 4.79 Å². The van der Waals surface area contributed by atoms with E-state index in [9.17, 15) is 4.79 Å². The van der Waals surface area contributed by atoms with Crippen molar-refractivity contribution in [2.45, 2.75) is 45.8 Å². The highest BCUT2D eigenvalue weighted by molar-refractivity contribution is 5.76. The maximum Gasteiger partial charge on any atom is 0.220 e. The van der Waals surface area contributed by atoms with E-state index in [-0.39, 0.29) is 29.4 Å². The zero-order valence-corrected chi connectivity index (χ0v) is 10.7. The number of hydrogen-bond donors (Lipinski definition) is 2. The molecular formula is C12H24N2O2. The topological polar surface area (TPSA) is 64.3 Å². The summed E-state index contributed by atoms with van der Waals surface area (Å²) >= 11 is 0. The molecule has 94 valence electrons. The first kappa shape index (κ1) is 13.5. The number of nitrogens with one attached hydrogen (secondary N) is 1. The second kappa shape index (κ2) is 5.15. The number of methoxy groups -OCH3 is 1. The number of rotatable bonds is 5. The van der Waals surface area contributed by atoms with E-state index in [0.717, 1.165) is 6.42 Å². The molecule has 3 atom stereocenters. The molecule has 1 fully saturated rings. The van der Waals surface area contributed by atoms with Crippen molar-refractivity contribution in [1.29, 1.82) is 0 Å². The molecule has 16 heavy (non-hydrogen) atoms. The second-order valence-corrected chi connectivity index (χ2v) is 5.45. The van der Waals surface area contributed by atoms with Crippen LogP contribution in [0.1, 0.15) is 33.6 Å². The molecule has 0 aromatic carbocycles. The van der Waals surface area contributed by atoms with Crippen LogP contribution in [0, 0.1) is 11.3 Å². The normalized spacial score (nSPS) is 29.3. The van der Waals surface area contributed by atoms with Crippen LogP contribution in [0.3, 0.4) is 0 Å². The van der Waals surface area contributed by atoms with Gasteiger partial charge in [-0.2, -0.15) is 0 Å². The number of amides is 1. The van der Waals surface area contributed by atoms with Gasteiger partial charge in [0.1, 0.15) is 0 Å². The molecule has 0 radical (unpaired) electrons. The van der Waals surface area contributed by atoms with Gasteiger partial charge in [0.2, 0.25) is 5.91 Å². The van der Waals surface area contributed by atoms with E-state index in [2.05, 4.69) is 19.2 Å².